The van der Waals surface area contributed by atoms with E-state index in [1.54, 1.807) is 0 Å². The Morgan fingerprint density at radius 2 is 2.20 bits per heavy atom. The van der Waals surface area contributed by atoms with Crippen molar-refractivity contribution in [1.82, 2.24) is 4.90 Å². The number of nitriles is 1. The lowest BCUT2D eigenvalue weighted by Gasteiger charge is -2.15. The molecule has 0 aromatic carbocycles. The van der Waals surface area contributed by atoms with Gasteiger partial charge in [0.1, 0.15) is 0 Å². The topological polar surface area (TPSA) is 27.0 Å². The minimum Gasteiger partial charge on any atom is -0.291 e. The van der Waals surface area contributed by atoms with Gasteiger partial charge in [0.05, 0.1) is 12.1 Å². The molecule has 1 atom stereocenters. The van der Waals surface area contributed by atoms with E-state index in [9.17, 15) is 0 Å². The molecule has 1 rings (SSSR count). The van der Waals surface area contributed by atoms with Crippen molar-refractivity contribution in [2.75, 3.05) is 13.6 Å². The fraction of sp³-hybridized carbons (Fsp3) is 0.875. The van der Waals surface area contributed by atoms with Crippen molar-refractivity contribution in [2.24, 2.45) is 5.41 Å². The number of rotatable bonds is 0. The molecule has 56 valence electrons. The Morgan fingerprint density at radius 3 is 2.40 bits per heavy atom. The largest absolute Gasteiger partial charge is 0.291 e. The van der Waals surface area contributed by atoms with Gasteiger partial charge < -0.3 is 0 Å². The van der Waals surface area contributed by atoms with Crippen molar-refractivity contribution in [3.05, 3.63) is 0 Å². The molecule has 1 saturated heterocycles. The smallest absolute Gasteiger partial charge is 0.0981 e. The Bertz CT molecular complexity index is 167. The lowest BCUT2D eigenvalue weighted by Crippen LogP contribution is -2.23. The molecule has 0 spiro atoms. The van der Waals surface area contributed by atoms with Crippen molar-refractivity contribution in [3.8, 4) is 6.07 Å². The molecule has 0 aromatic rings. The van der Waals surface area contributed by atoms with E-state index >= 15 is 0 Å². The summed E-state index contributed by atoms with van der Waals surface area (Å²) in [7, 11) is 2.02. The second kappa shape index (κ2) is 2.25. The van der Waals surface area contributed by atoms with E-state index in [0.717, 1.165) is 13.0 Å². The van der Waals surface area contributed by atoms with E-state index in [0.29, 0.717) is 5.41 Å². The summed E-state index contributed by atoms with van der Waals surface area (Å²) in [6.07, 6.45) is 1.01. The molecule has 2 nitrogen and oxygen atoms in total. The molecule has 1 aliphatic rings. The third-order valence-corrected chi connectivity index (χ3v) is 2.10. The van der Waals surface area contributed by atoms with E-state index in [-0.39, 0.29) is 6.04 Å². The van der Waals surface area contributed by atoms with Gasteiger partial charge in [0.2, 0.25) is 0 Å². The van der Waals surface area contributed by atoms with Crippen molar-refractivity contribution in [2.45, 2.75) is 26.3 Å². The molecular formula is C8H14N2. The molecular weight excluding hydrogens is 124 g/mol. The molecule has 2 heteroatoms. The van der Waals surface area contributed by atoms with E-state index in [1.807, 2.05) is 7.05 Å². The Kier molecular flexibility index (Phi) is 1.70. The Labute approximate surface area is 62.4 Å². The lowest BCUT2D eigenvalue weighted by molar-refractivity contribution is 0.322. The molecule has 0 N–H and O–H groups in total. The number of hydrogen-bond acceptors (Lipinski definition) is 2. The fourth-order valence-electron chi connectivity index (χ4n) is 1.67. The summed E-state index contributed by atoms with van der Waals surface area (Å²) in [6, 6.07) is 2.44. The number of hydrogen-bond donors (Lipinski definition) is 0. The first-order valence-corrected chi connectivity index (χ1v) is 3.65. The monoisotopic (exact) mass is 138 g/mol. The van der Waals surface area contributed by atoms with Crippen LogP contribution in [0.5, 0.6) is 0 Å². The Hall–Kier alpha value is -0.550. The van der Waals surface area contributed by atoms with Gasteiger partial charge in [-0.05, 0) is 18.9 Å². The van der Waals surface area contributed by atoms with Crippen molar-refractivity contribution in [1.29, 1.82) is 5.26 Å². The van der Waals surface area contributed by atoms with Crippen molar-refractivity contribution < 1.29 is 0 Å². The highest BCUT2D eigenvalue weighted by Gasteiger charge is 2.34. The molecule has 1 heterocycles. The Balaban J connectivity index is 2.63. The minimum absolute atomic E-state index is 0.148. The summed E-state index contributed by atoms with van der Waals surface area (Å²) in [5, 5.41) is 8.68. The average Bonchev–Trinajstić information content (AvgIpc) is 2.05. The van der Waals surface area contributed by atoms with Gasteiger partial charge in [0.15, 0.2) is 0 Å². The highest BCUT2D eigenvalue weighted by molar-refractivity contribution is 5.00. The highest BCUT2D eigenvalue weighted by atomic mass is 15.2. The molecule has 1 fully saturated rings. The molecule has 0 radical (unpaired) electrons. The average molecular weight is 138 g/mol. The molecule has 0 saturated carbocycles. The molecule has 0 aliphatic carbocycles. The summed E-state index contributed by atoms with van der Waals surface area (Å²) in [5.41, 5.74) is 0.342. The quantitative estimate of drug-likeness (QED) is 0.503. The second-order valence-corrected chi connectivity index (χ2v) is 3.93. The van der Waals surface area contributed by atoms with Gasteiger partial charge in [-0.3, -0.25) is 4.90 Å². The summed E-state index contributed by atoms with van der Waals surface area (Å²) in [4.78, 5) is 2.12. The summed E-state index contributed by atoms with van der Waals surface area (Å²) < 4.78 is 0. The van der Waals surface area contributed by atoms with Crippen LogP contribution in [0.2, 0.25) is 0 Å². The zero-order chi connectivity index (χ0) is 7.78. The summed E-state index contributed by atoms with van der Waals surface area (Å²) in [6.45, 7) is 5.47. The molecule has 0 aromatic heterocycles. The van der Waals surface area contributed by atoms with Gasteiger partial charge in [0, 0.05) is 6.54 Å². The first-order valence-electron chi connectivity index (χ1n) is 3.65. The van der Waals surface area contributed by atoms with Gasteiger partial charge in [-0.2, -0.15) is 5.26 Å². The SMILES string of the molecule is CN1CC(C)(C)CC1C#N. The van der Waals surface area contributed by atoms with Gasteiger partial charge in [-0.25, -0.2) is 0 Å². The van der Waals surface area contributed by atoms with Crippen LogP contribution < -0.4 is 0 Å². The summed E-state index contributed by atoms with van der Waals surface area (Å²) >= 11 is 0. The van der Waals surface area contributed by atoms with Crippen molar-refractivity contribution in [3.63, 3.8) is 0 Å². The highest BCUT2D eigenvalue weighted by Crippen LogP contribution is 2.31. The van der Waals surface area contributed by atoms with E-state index < -0.39 is 0 Å². The van der Waals surface area contributed by atoms with Crippen LogP contribution in [0.3, 0.4) is 0 Å². The molecule has 0 amide bonds. The van der Waals surface area contributed by atoms with E-state index in [4.69, 9.17) is 5.26 Å². The van der Waals surface area contributed by atoms with Gasteiger partial charge in [-0.1, -0.05) is 13.8 Å². The molecule has 0 bridgehead atoms. The van der Waals surface area contributed by atoms with Crippen LogP contribution in [0, 0.1) is 16.7 Å². The van der Waals surface area contributed by atoms with Crippen LogP contribution in [0.25, 0.3) is 0 Å². The third kappa shape index (κ3) is 1.30. The first kappa shape index (κ1) is 7.56. The maximum atomic E-state index is 8.68. The van der Waals surface area contributed by atoms with Crippen LogP contribution in [0.15, 0.2) is 0 Å². The summed E-state index contributed by atoms with van der Waals surface area (Å²) in [5.74, 6) is 0. The van der Waals surface area contributed by atoms with Gasteiger partial charge in [0.25, 0.3) is 0 Å². The van der Waals surface area contributed by atoms with Crippen LogP contribution in [-0.2, 0) is 0 Å². The number of nitrogens with zero attached hydrogens (tertiary/aromatic N) is 2. The number of likely N-dealkylation sites (tertiary alicyclic amines) is 1. The normalized spacial score (nSPS) is 32.0. The zero-order valence-electron chi connectivity index (χ0n) is 6.89. The van der Waals surface area contributed by atoms with Gasteiger partial charge >= 0.3 is 0 Å². The molecule has 1 unspecified atom stereocenters. The maximum Gasteiger partial charge on any atom is 0.0981 e. The van der Waals surface area contributed by atoms with E-state index in [1.165, 1.54) is 0 Å². The van der Waals surface area contributed by atoms with Crippen LogP contribution >= 0.6 is 0 Å². The third-order valence-electron chi connectivity index (χ3n) is 2.10. The predicted octanol–water partition coefficient (Wildman–Crippen LogP) is 1.24. The molecule has 1 aliphatic heterocycles. The predicted molar refractivity (Wildman–Crippen MR) is 40.4 cm³/mol. The van der Waals surface area contributed by atoms with Crippen LogP contribution in [-0.4, -0.2) is 24.5 Å². The van der Waals surface area contributed by atoms with Crippen LogP contribution in [0.4, 0.5) is 0 Å². The second-order valence-electron chi connectivity index (χ2n) is 3.93. The van der Waals surface area contributed by atoms with Crippen LogP contribution in [0.1, 0.15) is 20.3 Å². The van der Waals surface area contributed by atoms with Gasteiger partial charge in [-0.15, -0.1) is 0 Å². The lowest BCUT2D eigenvalue weighted by atomic mass is 9.91. The minimum atomic E-state index is 0.148. The first-order chi connectivity index (χ1) is 4.55. The fourth-order valence-corrected chi connectivity index (χ4v) is 1.67. The molecule has 10 heavy (non-hydrogen) atoms. The van der Waals surface area contributed by atoms with Crippen molar-refractivity contribution >= 4 is 0 Å². The van der Waals surface area contributed by atoms with E-state index in [2.05, 4.69) is 24.8 Å². The standard InChI is InChI=1S/C8H14N2/c1-8(2)4-7(5-9)10(3)6-8/h7H,4,6H2,1-3H3. The Morgan fingerprint density at radius 1 is 1.60 bits per heavy atom. The zero-order valence-corrected chi connectivity index (χ0v) is 6.89. The maximum absolute atomic E-state index is 8.68.